The number of nitrogens with two attached hydrogens (primary N) is 1. The molecule has 3 N–H and O–H groups in total. The minimum Gasteiger partial charge on any atom is -0.383 e. The molecule has 0 saturated heterocycles. The summed E-state index contributed by atoms with van der Waals surface area (Å²) in [5, 5.41) is 10.5. The summed E-state index contributed by atoms with van der Waals surface area (Å²) in [5.41, 5.74) is 5.70. The van der Waals surface area contributed by atoms with Crippen LogP contribution in [0.25, 0.3) is 0 Å². The van der Waals surface area contributed by atoms with Gasteiger partial charge in [0.05, 0.1) is 25.4 Å². The Bertz CT molecular complexity index is 377. The van der Waals surface area contributed by atoms with E-state index in [9.17, 15) is 4.79 Å². The third-order valence-electron chi connectivity index (χ3n) is 2.60. The van der Waals surface area contributed by atoms with Gasteiger partial charge in [-0.2, -0.15) is 0 Å². The molecule has 1 amide bonds. The zero-order valence-corrected chi connectivity index (χ0v) is 11.1. The molecule has 0 aliphatic rings. The number of carbonyl (C=O) groups excluding carboxylic acids is 1. The van der Waals surface area contributed by atoms with E-state index >= 15 is 0 Å². The molecule has 0 aromatic carbocycles. The molecule has 7 nitrogen and oxygen atoms in total. The van der Waals surface area contributed by atoms with E-state index in [2.05, 4.69) is 15.6 Å². The minimum atomic E-state index is -0.242. The fourth-order valence-electron chi connectivity index (χ4n) is 1.47. The summed E-state index contributed by atoms with van der Waals surface area (Å²) in [4.78, 5) is 11.9. The molecule has 18 heavy (non-hydrogen) atoms. The number of aromatic nitrogens is 3. The van der Waals surface area contributed by atoms with Gasteiger partial charge in [-0.15, -0.1) is 5.10 Å². The van der Waals surface area contributed by atoms with Crippen molar-refractivity contribution in [2.45, 2.75) is 26.4 Å². The second-order valence-electron chi connectivity index (χ2n) is 4.43. The summed E-state index contributed by atoms with van der Waals surface area (Å²) in [6.07, 6.45) is 1.59. The number of methoxy groups -OCH3 is 1. The number of nitrogens with one attached hydrogen (secondary N) is 1. The van der Waals surface area contributed by atoms with Crippen LogP contribution >= 0.6 is 0 Å². The molecule has 0 spiro atoms. The fraction of sp³-hybridized carbons (Fsp3) is 0.727. The maximum absolute atomic E-state index is 11.9. The topological polar surface area (TPSA) is 95.1 Å². The molecule has 1 aromatic rings. The molecule has 1 aromatic heterocycles. The lowest BCUT2D eigenvalue weighted by Gasteiger charge is -2.20. The van der Waals surface area contributed by atoms with E-state index in [-0.39, 0.29) is 17.9 Å². The summed E-state index contributed by atoms with van der Waals surface area (Å²) < 4.78 is 6.62. The van der Waals surface area contributed by atoms with Gasteiger partial charge in [0.15, 0.2) is 5.69 Å². The lowest BCUT2D eigenvalue weighted by molar-refractivity contribution is 0.0861. The zero-order chi connectivity index (χ0) is 13.5. The zero-order valence-electron chi connectivity index (χ0n) is 11.1. The second-order valence-corrected chi connectivity index (χ2v) is 4.43. The number of hydrogen-bond donors (Lipinski definition) is 2. The Morgan fingerprint density at radius 3 is 2.89 bits per heavy atom. The Morgan fingerprint density at radius 1 is 1.61 bits per heavy atom. The number of hydrogen-bond acceptors (Lipinski definition) is 5. The molecule has 1 atom stereocenters. The molecule has 1 unspecified atom stereocenters. The number of nitrogens with zero attached hydrogens (tertiary/aromatic N) is 3. The van der Waals surface area contributed by atoms with Crippen LogP contribution in [0.3, 0.4) is 0 Å². The smallest absolute Gasteiger partial charge is 0.273 e. The van der Waals surface area contributed by atoms with Crippen LogP contribution in [0.5, 0.6) is 0 Å². The van der Waals surface area contributed by atoms with Crippen molar-refractivity contribution < 1.29 is 9.53 Å². The molecule has 0 saturated carbocycles. The molecule has 7 heteroatoms. The molecular formula is C11H21N5O2. The highest BCUT2D eigenvalue weighted by Crippen LogP contribution is 2.03. The van der Waals surface area contributed by atoms with Crippen molar-refractivity contribution >= 4 is 5.91 Å². The lowest BCUT2D eigenvalue weighted by Crippen LogP contribution is -2.41. The summed E-state index contributed by atoms with van der Waals surface area (Å²) in [5.74, 6) is 0.0435. The number of carbonyl (C=O) groups is 1. The normalized spacial score (nSPS) is 12.7. The van der Waals surface area contributed by atoms with Gasteiger partial charge in [-0.3, -0.25) is 9.48 Å². The van der Waals surface area contributed by atoms with Crippen LogP contribution in [0.2, 0.25) is 0 Å². The van der Waals surface area contributed by atoms with Gasteiger partial charge in [0.2, 0.25) is 0 Å². The summed E-state index contributed by atoms with van der Waals surface area (Å²) >= 11 is 0. The Labute approximate surface area is 107 Å². The van der Waals surface area contributed by atoms with Crippen molar-refractivity contribution in [1.82, 2.24) is 20.3 Å². The van der Waals surface area contributed by atoms with Crippen LogP contribution in [0.1, 0.15) is 24.3 Å². The van der Waals surface area contributed by atoms with Crippen molar-refractivity contribution in [1.29, 1.82) is 0 Å². The lowest BCUT2D eigenvalue weighted by atomic mass is 10.1. The van der Waals surface area contributed by atoms with E-state index in [1.165, 1.54) is 0 Å². The molecule has 0 bridgehead atoms. The van der Waals surface area contributed by atoms with Crippen LogP contribution in [0.4, 0.5) is 0 Å². The number of rotatable bonds is 7. The highest BCUT2D eigenvalue weighted by atomic mass is 16.5. The molecule has 1 heterocycles. The summed E-state index contributed by atoms with van der Waals surface area (Å²) in [7, 11) is 1.61. The molecule has 0 fully saturated rings. The number of ether oxygens (including phenoxy) is 1. The quantitative estimate of drug-likeness (QED) is 0.693. The highest BCUT2D eigenvalue weighted by molar-refractivity contribution is 5.92. The van der Waals surface area contributed by atoms with Gasteiger partial charge in [0.25, 0.3) is 5.91 Å². The van der Waals surface area contributed by atoms with Crippen LogP contribution < -0.4 is 11.1 Å². The Hall–Kier alpha value is -1.47. The van der Waals surface area contributed by atoms with E-state index in [1.807, 2.05) is 13.8 Å². The first kappa shape index (κ1) is 14.6. The van der Waals surface area contributed by atoms with Crippen molar-refractivity contribution in [3.63, 3.8) is 0 Å². The third-order valence-corrected chi connectivity index (χ3v) is 2.60. The Morgan fingerprint density at radius 2 is 2.33 bits per heavy atom. The molecule has 1 rings (SSSR count). The van der Waals surface area contributed by atoms with Crippen LogP contribution in [0, 0.1) is 5.92 Å². The standard InChI is InChI=1S/C11H21N5O2/c1-8(2)10(7-18-3)13-11(17)9-6-16(5-4-12)15-14-9/h6,8,10H,4-5,7,12H2,1-3H3,(H,13,17). The predicted molar refractivity (Wildman–Crippen MR) is 67.0 cm³/mol. The maximum Gasteiger partial charge on any atom is 0.273 e. The monoisotopic (exact) mass is 255 g/mol. The van der Waals surface area contributed by atoms with E-state index < -0.39 is 0 Å². The maximum atomic E-state index is 11.9. The van der Waals surface area contributed by atoms with E-state index in [0.29, 0.717) is 25.4 Å². The van der Waals surface area contributed by atoms with Crippen molar-refractivity contribution in [3.8, 4) is 0 Å². The van der Waals surface area contributed by atoms with Gasteiger partial charge < -0.3 is 15.8 Å². The van der Waals surface area contributed by atoms with Gasteiger partial charge >= 0.3 is 0 Å². The summed E-state index contributed by atoms with van der Waals surface area (Å²) in [6.45, 7) is 5.53. The highest BCUT2D eigenvalue weighted by Gasteiger charge is 2.18. The SMILES string of the molecule is COCC(NC(=O)c1cn(CCN)nn1)C(C)C. The van der Waals surface area contributed by atoms with E-state index in [1.54, 1.807) is 18.0 Å². The average molecular weight is 255 g/mol. The third kappa shape index (κ3) is 4.08. The van der Waals surface area contributed by atoms with Gasteiger partial charge in [0, 0.05) is 13.7 Å². The Balaban J connectivity index is 2.62. The van der Waals surface area contributed by atoms with Gasteiger partial charge in [-0.05, 0) is 5.92 Å². The average Bonchev–Trinajstić information content (AvgIpc) is 2.77. The van der Waals surface area contributed by atoms with Crippen LogP contribution in [0.15, 0.2) is 6.20 Å². The van der Waals surface area contributed by atoms with Crippen LogP contribution in [-0.4, -0.2) is 47.2 Å². The molecule has 102 valence electrons. The first-order valence-electron chi connectivity index (χ1n) is 5.98. The minimum absolute atomic E-state index is 0.0397. The van der Waals surface area contributed by atoms with Crippen LogP contribution in [-0.2, 0) is 11.3 Å². The molecule has 0 aliphatic carbocycles. The molecule has 0 aliphatic heterocycles. The Kier molecular flexibility index (Phi) is 5.73. The van der Waals surface area contributed by atoms with Crippen molar-refractivity contribution in [3.05, 3.63) is 11.9 Å². The first-order chi connectivity index (χ1) is 8.58. The largest absolute Gasteiger partial charge is 0.383 e. The second kappa shape index (κ2) is 7.07. The van der Waals surface area contributed by atoms with Crippen molar-refractivity contribution in [2.75, 3.05) is 20.3 Å². The predicted octanol–water partition coefficient (Wildman–Crippen LogP) is -0.362. The number of amides is 1. The summed E-state index contributed by atoms with van der Waals surface area (Å²) in [6, 6.07) is -0.0397. The van der Waals surface area contributed by atoms with Crippen molar-refractivity contribution in [2.24, 2.45) is 11.7 Å². The molecule has 0 radical (unpaired) electrons. The first-order valence-corrected chi connectivity index (χ1v) is 5.98. The fourth-order valence-corrected chi connectivity index (χ4v) is 1.47. The van der Waals surface area contributed by atoms with Gasteiger partial charge in [-0.1, -0.05) is 19.1 Å². The van der Waals surface area contributed by atoms with E-state index in [0.717, 1.165) is 0 Å². The van der Waals surface area contributed by atoms with Gasteiger partial charge in [0.1, 0.15) is 0 Å². The molecular weight excluding hydrogens is 234 g/mol. The van der Waals surface area contributed by atoms with E-state index in [4.69, 9.17) is 10.5 Å². The van der Waals surface area contributed by atoms with Gasteiger partial charge in [-0.25, -0.2) is 0 Å².